The summed E-state index contributed by atoms with van der Waals surface area (Å²) in [7, 11) is -3.76. The van der Waals surface area contributed by atoms with E-state index >= 15 is 0 Å². The van der Waals surface area contributed by atoms with Crippen molar-refractivity contribution >= 4 is 15.9 Å². The van der Waals surface area contributed by atoms with Gasteiger partial charge in [0.15, 0.2) is 6.10 Å². The Labute approximate surface area is 124 Å². The molecule has 1 amide bonds. The Bertz CT molecular complexity index is 655. The summed E-state index contributed by atoms with van der Waals surface area (Å²) in [6.45, 7) is 4.05. The molecule has 1 aliphatic heterocycles. The number of hydrogen-bond acceptors (Lipinski definition) is 4. The molecule has 1 aromatic carbocycles. The minimum absolute atomic E-state index is 0.0812. The van der Waals surface area contributed by atoms with Crippen molar-refractivity contribution in [1.29, 1.82) is 0 Å². The minimum atomic E-state index is -3.76. The Kier molecular flexibility index (Phi) is 4.53. The standard InChI is InChI=1S/C14H20N2O4S/c1-9-8-13(21(15,18)19)10(2)7-12(9)20-11-5-3-4-6-16-14(11)17/h7-8,11H,3-6H2,1-2H3,(H,16,17)(H2,15,18,19). The van der Waals surface area contributed by atoms with Crippen LogP contribution in [0.1, 0.15) is 30.4 Å². The Morgan fingerprint density at radius 3 is 2.62 bits per heavy atom. The van der Waals surface area contributed by atoms with Crippen LogP contribution in [0.15, 0.2) is 17.0 Å². The molecule has 1 aliphatic rings. The Morgan fingerprint density at radius 2 is 1.95 bits per heavy atom. The molecule has 3 N–H and O–H groups in total. The Morgan fingerprint density at radius 1 is 1.24 bits per heavy atom. The fourth-order valence-corrected chi connectivity index (χ4v) is 3.22. The lowest BCUT2D eigenvalue weighted by Crippen LogP contribution is -2.36. The molecule has 0 saturated carbocycles. The van der Waals surface area contributed by atoms with Crippen molar-refractivity contribution in [3.8, 4) is 5.75 Å². The molecule has 1 unspecified atom stereocenters. The van der Waals surface area contributed by atoms with Crippen LogP contribution in [0, 0.1) is 13.8 Å². The highest BCUT2D eigenvalue weighted by Crippen LogP contribution is 2.27. The van der Waals surface area contributed by atoms with Gasteiger partial charge in [0.25, 0.3) is 5.91 Å². The van der Waals surface area contributed by atoms with Gasteiger partial charge in [0, 0.05) is 6.54 Å². The van der Waals surface area contributed by atoms with Gasteiger partial charge in [0.05, 0.1) is 4.90 Å². The van der Waals surface area contributed by atoms with Crippen LogP contribution >= 0.6 is 0 Å². The molecule has 116 valence electrons. The molecule has 1 fully saturated rings. The van der Waals surface area contributed by atoms with E-state index in [4.69, 9.17) is 9.88 Å². The molecule has 0 aromatic heterocycles. The number of ether oxygens (including phenoxy) is 1. The molecular formula is C14H20N2O4S. The predicted octanol–water partition coefficient (Wildman–Crippen LogP) is 0.998. The smallest absolute Gasteiger partial charge is 0.261 e. The first kappa shape index (κ1) is 15.8. The molecule has 0 aliphatic carbocycles. The zero-order valence-electron chi connectivity index (χ0n) is 12.2. The van der Waals surface area contributed by atoms with Crippen molar-refractivity contribution in [3.05, 3.63) is 23.3 Å². The molecule has 21 heavy (non-hydrogen) atoms. The molecule has 1 atom stereocenters. The summed E-state index contributed by atoms with van der Waals surface area (Å²) >= 11 is 0. The monoisotopic (exact) mass is 312 g/mol. The van der Waals surface area contributed by atoms with Gasteiger partial charge >= 0.3 is 0 Å². The van der Waals surface area contributed by atoms with Gasteiger partial charge in [-0.1, -0.05) is 0 Å². The van der Waals surface area contributed by atoms with E-state index in [0.29, 0.717) is 29.8 Å². The van der Waals surface area contributed by atoms with E-state index in [2.05, 4.69) is 5.32 Å². The quantitative estimate of drug-likeness (QED) is 0.869. The van der Waals surface area contributed by atoms with Crippen LogP contribution in [-0.2, 0) is 14.8 Å². The number of nitrogens with two attached hydrogens (primary N) is 1. The van der Waals surface area contributed by atoms with Crippen LogP contribution in [0.3, 0.4) is 0 Å². The van der Waals surface area contributed by atoms with Gasteiger partial charge in [-0.15, -0.1) is 0 Å². The molecule has 0 radical (unpaired) electrons. The van der Waals surface area contributed by atoms with Gasteiger partial charge in [-0.05, 0) is 56.4 Å². The van der Waals surface area contributed by atoms with Gasteiger partial charge in [-0.25, -0.2) is 13.6 Å². The number of hydrogen-bond donors (Lipinski definition) is 2. The summed E-state index contributed by atoms with van der Waals surface area (Å²) in [5, 5.41) is 7.98. The molecular weight excluding hydrogens is 292 g/mol. The lowest BCUT2D eigenvalue weighted by Gasteiger charge is -2.18. The highest BCUT2D eigenvalue weighted by Gasteiger charge is 2.24. The summed E-state index contributed by atoms with van der Waals surface area (Å²) in [5.41, 5.74) is 1.15. The molecule has 1 heterocycles. The van der Waals surface area contributed by atoms with Crippen LogP contribution in [0.2, 0.25) is 0 Å². The number of aryl methyl sites for hydroxylation is 2. The normalized spacial score (nSPS) is 19.8. The van der Waals surface area contributed by atoms with E-state index < -0.39 is 16.1 Å². The van der Waals surface area contributed by atoms with Crippen LogP contribution in [-0.4, -0.2) is 27.0 Å². The van der Waals surface area contributed by atoms with Gasteiger partial charge in [-0.2, -0.15) is 0 Å². The third-order valence-electron chi connectivity index (χ3n) is 3.53. The van der Waals surface area contributed by atoms with Crippen molar-refractivity contribution in [3.63, 3.8) is 0 Å². The third-order valence-corrected chi connectivity index (χ3v) is 4.59. The number of rotatable bonds is 3. The fourth-order valence-electron chi connectivity index (χ4n) is 2.37. The third kappa shape index (κ3) is 3.74. The lowest BCUT2D eigenvalue weighted by molar-refractivity contribution is -0.127. The van der Waals surface area contributed by atoms with Crippen LogP contribution in [0.25, 0.3) is 0 Å². The van der Waals surface area contributed by atoms with Gasteiger partial charge in [0.2, 0.25) is 10.0 Å². The van der Waals surface area contributed by atoms with E-state index in [-0.39, 0.29) is 10.8 Å². The number of sulfonamides is 1. The first-order valence-corrected chi connectivity index (χ1v) is 8.42. The maximum Gasteiger partial charge on any atom is 0.261 e. The Hall–Kier alpha value is -1.60. The molecule has 1 saturated heterocycles. The summed E-state index contributed by atoms with van der Waals surface area (Å²) in [4.78, 5) is 12.0. The van der Waals surface area contributed by atoms with E-state index in [1.807, 2.05) is 0 Å². The Balaban J connectivity index is 2.29. The highest BCUT2D eigenvalue weighted by molar-refractivity contribution is 7.89. The zero-order valence-corrected chi connectivity index (χ0v) is 13.0. The lowest BCUT2D eigenvalue weighted by atomic mass is 10.1. The van der Waals surface area contributed by atoms with E-state index in [1.54, 1.807) is 19.9 Å². The first-order chi connectivity index (χ1) is 9.79. The average Bonchev–Trinajstić information content (AvgIpc) is 2.57. The SMILES string of the molecule is Cc1cc(S(N)(=O)=O)c(C)cc1OC1CCCCNC1=O. The minimum Gasteiger partial charge on any atom is -0.480 e. The molecule has 6 nitrogen and oxygen atoms in total. The fraction of sp³-hybridized carbons (Fsp3) is 0.500. The number of carbonyl (C=O) groups is 1. The maximum absolute atomic E-state index is 11.9. The number of benzene rings is 1. The van der Waals surface area contributed by atoms with E-state index in [0.717, 1.165) is 12.8 Å². The molecule has 0 spiro atoms. The van der Waals surface area contributed by atoms with E-state index in [9.17, 15) is 13.2 Å². The predicted molar refractivity (Wildman–Crippen MR) is 78.6 cm³/mol. The largest absolute Gasteiger partial charge is 0.480 e. The number of nitrogens with one attached hydrogen (secondary N) is 1. The molecule has 1 aromatic rings. The summed E-state index contributed by atoms with van der Waals surface area (Å²) in [5.74, 6) is 0.391. The van der Waals surface area contributed by atoms with Crippen LogP contribution < -0.4 is 15.2 Å². The number of amides is 1. The van der Waals surface area contributed by atoms with Gasteiger partial charge < -0.3 is 10.1 Å². The first-order valence-electron chi connectivity index (χ1n) is 6.87. The second kappa shape index (κ2) is 6.03. The van der Waals surface area contributed by atoms with E-state index in [1.165, 1.54) is 6.07 Å². The number of carbonyl (C=O) groups excluding carboxylic acids is 1. The van der Waals surface area contributed by atoms with Crippen molar-refractivity contribution in [2.24, 2.45) is 5.14 Å². The van der Waals surface area contributed by atoms with Crippen molar-refractivity contribution in [2.75, 3.05) is 6.54 Å². The van der Waals surface area contributed by atoms with Crippen LogP contribution in [0.5, 0.6) is 5.75 Å². The molecule has 2 rings (SSSR count). The van der Waals surface area contributed by atoms with Gasteiger partial charge in [-0.3, -0.25) is 4.79 Å². The summed E-state index contributed by atoms with van der Waals surface area (Å²) in [6.07, 6.45) is 1.97. The maximum atomic E-state index is 11.9. The second-order valence-corrected chi connectivity index (χ2v) is 6.85. The highest BCUT2D eigenvalue weighted by atomic mass is 32.2. The van der Waals surface area contributed by atoms with Crippen LogP contribution in [0.4, 0.5) is 0 Å². The average molecular weight is 312 g/mol. The topological polar surface area (TPSA) is 98.5 Å². The molecule has 7 heteroatoms. The second-order valence-electron chi connectivity index (χ2n) is 5.32. The van der Waals surface area contributed by atoms with Gasteiger partial charge in [0.1, 0.15) is 5.75 Å². The van der Waals surface area contributed by atoms with Crippen molar-refractivity contribution in [2.45, 2.75) is 44.1 Å². The number of primary sulfonamides is 1. The van der Waals surface area contributed by atoms with Crippen molar-refractivity contribution in [1.82, 2.24) is 5.32 Å². The summed E-state index contributed by atoms with van der Waals surface area (Å²) in [6, 6.07) is 3.10. The summed E-state index contributed by atoms with van der Waals surface area (Å²) < 4.78 is 28.7. The molecule has 0 bridgehead atoms. The zero-order chi connectivity index (χ0) is 15.6. The van der Waals surface area contributed by atoms with Crippen molar-refractivity contribution < 1.29 is 17.9 Å².